The first-order valence-electron chi connectivity index (χ1n) is 5.64. The van der Waals surface area contributed by atoms with E-state index in [9.17, 15) is 4.79 Å². The normalized spacial score (nSPS) is 10.4. The molecule has 0 radical (unpaired) electrons. The summed E-state index contributed by atoms with van der Waals surface area (Å²) in [6.45, 7) is 0.330. The number of carboxylic acid groups (broad SMARTS) is 1. The lowest BCUT2D eigenvalue weighted by Crippen LogP contribution is -2.21. The van der Waals surface area contributed by atoms with Crippen LogP contribution in [0.2, 0.25) is 5.02 Å². The first-order chi connectivity index (χ1) is 9.15. The van der Waals surface area contributed by atoms with Gasteiger partial charge in [-0.25, -0.2) is 9.97 Å². The molecule has 1 heterocycles. The summed E-state index contributed by atoms with van der Waals surface area (Å²) in [6, 6.07) is 7.18. The number of aromatic nitrogens is 2. The standard InChI is InChI=1S/C13H12ClN3O2/c14-11-5-9(7-15-8-12(18)19)4-10(6-11)13-16-2-1-3-17-13/h1-6,15H,7-8H2,(H,18,19). The van der Waals surface area contributed by atoms with Crippen LogP contribution in [0.25, 0.3) is 11.4 Å². The zero-order chi connectivity index (χ0) is 13.7. The van der Waals surface area contributed by atoms with Crippen molar-refractivity contribution in [1.29, 1.82) is 0 Å². The van der Waals surface area contributed by atoms with Crippen LogP contribution in [-0.4, -0.2) is 27.6 Å². The highest BCUT2D eigenvalue weighted by molar-refractivity contribution is 6.30. The van der Waals surface area contributed by atoms with E-state index in [0.29, 0.717) is 17.4 Å². The first-order valence-corrected chi connectivity index (χ1v) is 6.02. The van der Waals surface area contributed by atoms with Gasteiger partial charge < -0.3 is 10.4 Å². The van der Waals surface area contributed by atoms with Gasteiger partial charge in [-0.3, -0.25) is 4.79 Å². The van der Waals surface area contributed by atoms with E-state index in [4.69, 9.17) is 16.7 Å². The van der Waals surface area contributed by atoms with E-state index in [-0.39, 0.29) is 6.54 Å². The number of aliphatic carboxylic acids is 1. The molecule has 2 aromatic rings. The molecule has 2 N–H and O–H groups in total. The molecule has 0 bridgehead atoms. The van der Waals surface area contributed by atoms with Crippen LogP contribution in [0.4, 0.5) is 0 Å². The number of nitrogens with one attached hydrogen (secondary N) is 1. The van der Waals surface area contributed by atoms with Gasteiger partial charge in [0.05, 0.1) is 6.54 Å². The maximum Gasteiger partial charge on any atom is 0.317 e. The molecule has 19 heavy (non-hydrogen) atoms. The Kier molecular flexibility index (Phi) is 4.43. The number of benzene rings is 1. The molecule has 0 saturated heterocycles. The number of rotatable bonds is 5. The maximum absolute atomic E-state index is 10.4. The van der Waals surface area contributed by atoms with Crippen LogP contribution in [0, 0.1) is 0 Å². The summed E-state index contributed by atoms with van der Waals surface area (Å²) in [4.78, 5) is 18.7. The van der Waals surface area contributed by atoms with Crippen LogP contribution in [-0.2, 0) is 11.3 Å². The molecule has 98 valence electrons. The SMILES string of the molecule is O=C(O)CNCc1cc(Cl)cc(-c2ncccn2)c1. The lowest BCUT2D eigenvalue weighted by Gasteiger charge is -2.06. The van der Waals surface area contributed by atoms with Crippen molar-refractivity contribution in [3.63, 3.8) is 0 Å². The maximum atomic E-state index is 10.4. The van der Waals surface area contributed by atoms with Crippen LogP contribution >= 0.6 is 11.6 Å². The van der Waals surface area contributed by atoms with Gasteiger partial charge in [0, 0.05) is 29.5 Å². The lowest BCUT2D eigenvalue weighted by atomic mass is 10.1. The Labute approximate surface area is 115 Å². The van der Waals surface area contributed by atoms with Crippen LogP contribution < -0.4 is 5.32 Å². The van der Waals surface area contributed by atoms with Gasteiger partial charge in [-0.05, 0) is 29.8 Å². The van der Waals surface area contributed by atoms with E-state index < -0.39 is 5.97 Å². The van der Waals surface area contributed by atoms with Crippen molar-refractivity contribution in [3.8, 4) is 11.4 Å². The van der Waals surface area contributed by atoms with Crippen LogP contribution in [0.5, 0.6) is 0 Å². The van der Waals surface area contributed by atoms with Gasteiger partial charge in [0.15, 0.2) is 5.82 Å². The highest BCUT2D eigenvalue weighted by Gasteiger charge is 2.05. The molecule has 1 aromatic carbocycles. The van der Waals surface area contributed by atoms with Gasteiger partial charge >= 0.3 is 5.97 Å². The number of hydrogen-bond donors (Lipinski definition) is 2. The van der Waals surface area contributed by atoms with E-state index in [2.05, 4.69) is 15.3 Å². The molecule has 0 aliphatic heterocycles. The number of halogens is 1. The van der Waals surface area contributed by atoms with Crippen molar-refractivity contribution in [2.45, 2.75) is 6.54 Å². The summed E-state index contributed by atoms with van der Waals surface area (Å²) in [5, 5.41) is 11.9. The summed E-state index contributed by atoms with van der Waals surface area (Å²) >= 11 is 6.04. The van der Waals surface area contributed by atoms with E-state index in [1.165, 1.54) is 0 Å². The van der Waals surface area contributed by atoms with E-state index in [1.54, 1.807) is 30.6 Å². The van der Waals surface area contributed by atoms with Crippen LogP contribution in [0.15, 0.2) is 36.7 Å². The molecular weight excluding hydrogens is 266 g/mol. The predicted octanol–water partition coefficient (Wildman–Crippen LogP) is 1.97. The molecule has 0 aliphatic rings. The molecule has 0 aliphatic carbocycles. The van der Waals surface area contributed by atoms with E-state index >= 15 is 0 Å². The average Bonchev–Trinajstić information content (AvgIpc) is 2.39. The molecule has 2 rings (SSSR count). The zero-order valence-corrected chi connectivity index (χ0v) is 10.8. The molecule has 0 spiro atoms. The summed E-state index contributed by atoms with van der Waals surface area (Å²) in [6.07, 6.45) is 3.32. The molecule has 1 aromatic heterocycles. The minimum Gasteiger partial charge on any atom is -0.480 e. The fourth-order valence-corrected chi connectivity index (χ4v) is 1.90. The Morgan fingerprint density at radius 2 is 2.00 bits per heavy atom. The van der Waals surface area contributed by atoms with E-state index in [1.807, 2.05) is 6.07 Å². The zero-order valence-electron chi connectivity index (χ0n) is 10.0. The van der Waals surface area contributed by atoms with Crippen LogP contribution in [0.3, 0.4) is 0 Å². The minimum absolute atomic E-state index is 0.0936. The topological polar surface area (TPSA) is 75.1 Å². The third-order valence-corrected chi connectivity index (χ3v) is 2.61. The van der Waals surface area contributed by atoms with E-state index in [0.717, 1.165) is 11.1 Å². The smallest absolute Gasteiger partial charge is 0.317 e. The number of carbonyl (C=O) groups is 1. The van der Waals surface area contributed by atoms with Gasteiger partial charge in [0.25, 0.3) is 0 Å². The fourth-order valence-electron chi connectivity index (χ4n) is 1.64. The van der Waals surface area contributed by atoms with Gasteiger partial charge in [-0.15, -0.1) is 0 Å². The van der Waals surface area contributed by atoms with Crippen molar-refractivity contribution in [2.75, 3.05) is 6.54 Å². The summed E-state index contributed by atoms with van der Waals surface area (Å²) in [7, 11) is 0. The second kappa shape index (κ2) is 6.26. The van der Waals surface area contributed by atoms with Crippen molar-refractivity contribution in [3.05, 3.63) is 47.2 Å². The largest absolute Gasteiger partial charge is 0.480 e. The molecule has 0 saturated carbocycles. The van der Waals surface area contributed by atoms with Gasteiger partial charge in [-0.2, -0.15) is 0 Å². The van der Waals surface area contributed by atoms with Crippen molar-refractivity contribution < 1.29 is 9.90 Å². The Morgan fingerprint density at radius 3 is 2.68 bits per heavy atom. The highest BCUT2D eigenvalue weighted by Crippen LogP contribution is 2.21. The second-order valence-electron chi connectivity index (χ2n) is 3.92. The Morgan fingerprint density at radius 1 is 1.26 bits per heavy atom. The van der Waals surface area contributed by atoms with Crippen molar-refractivity contribution >= 4 is 17.6 Å². The Bertz CT molecular complexity index is 575. The molecule has 5 nitrogen and oxygen atoms in total. The monoisotopic (exact) mass is 277 g/mol. The molecule has 0 unspecified atom stereocenters. The van der Waals surface area contributed by atoms with Gasteiger partial charge in [-0.1, -0.05) is 11.6 Å². The summed E-state index contributed by atoms with van der Waals surface area (Å²) in [5.41, 5.74) is 1.69. The second-order valence-corrected chi connectivity index (χ2v) is 4.35. The molecular formula is C13H12ClN3O2. The number of nitrogens with zero attached hydrogens (tertiary/aromatic N) is 2. The van der Waals surface area contributed by atoms with Gasteiger partial charge in [0.1, 0.15) is 0 Å². The van der Waals surface area contributed by atoms with Crippen LogP contribution in [0.1, 0.15) is 5.56 Å². The first kappa shape index (κ1) is 13.5. The van der Waals surface area contributed by atoms with Crippen molar-refractivity contribution in [2.24, 2.45) is 0 Å². The number of carboxylic acids is 1. The third-order valence-electron chi connectivity index (χ3n) is 2.39. The average molecular weight is 278 g/mol. The lowest BCUT2D eigenvalue weighted by molar-refractivity contribution is -0.135. The Balaban J connectivity index is 2.18. The quantitative estimate of drug-likeness (QED) is 0.874. The predicted molar refractivity (Wildman–Crippen MR) is 71.8 cm³/mol. The summed E-state index contributed by atoms with van der Waals surface area (Å²) in [5.74, 6) is -0.307. The molecule has 0 fully saturated rings. The van der Waals surface area contributed by atoms with Crippen molar-refractivity contribution in [1.82, 2.24) is 15.3 Å². The third kappa shape index (κ3) is 4.01. The molecule has 6 heteroatoms. The minimum atomic E-state index is -0.895. The fraction of sp³-hybridized carbons (Fsp3) is 0.154. The highest BCUT2D eigenvalue weighted by atomic mass is 35.5. The van der Waals surface area contributed by atoms with Gasteiger partial charge in [0.2, 0.25) is 0 Å². The number of hydrogen-bond acceptors (Lipinski definition) is 4. The summed E-state index contributed by atoms with van der Waals surface area (Å²) < 4.78 is 0. The molecule has 0 amide bonds. The Hall–Kier alpha value is -1.98. The molecule has 0 atom stereocenters.